The van der Waals surface area contributed by atoms with E-state index in [1.807, 2.05) is 5.32 Å². The molecule has 0 atom stereocenters. The number of amides is 2. The number of alkyl halides is 6. The number of halogens is 6. The van der Waals surface area contributed by atoms with Gasteiger partial charge in [-0.2, -0.15) is 26.3 Å². The lowest BCUT2D eigenvalue weighted by Gasteiger charge is -2.14. The van der Waals surface area contributed by atoms with Crippen LogP contribution in [-0.4, -0.2) is 6.03 Å². The Morgan fingerprint density at radius 3 is 1.91 bits per heavy atom. The van der Waals surface area contributed by atoms with Crippen LogP contribution in [0.15, 0.2) is 41.0 Å². The van der Waals surface area contributed by atoms with Crippen LogP contribution in [0, 0.1) is 0 Å². The van der Waals surface area contributed by atoms with Gasteiger partial charge in [-0.05, 0) is 24.3 Å². The lowest BCUT2D eigenvalue weighted by molar-refractivity contribution is -0.143. The number of anilines is 2. The SMILES string of the molecule is O=C(Nc1cc(C(F)(F)F)cc(C(F)(F)F)c1)Nc1ccco1. The zero-order valence-electron chi connectivity index (χ0n) is 11.0. The van der Waals surface area contributed by atoms with Crippen LogP contribution in [0.25, 0.3) is 0 Å². The summed E-state index contributed by atoms with van der Waals surface area (Å²) in [5, 5.41) is 4.00. The van der Waals surface area contributed by atoms with Crippen LogP contribution in [0.2, 0.25) is 0 Å². The Balaban J connectivity index is 2.28. The van der Waals surface area contributed by atoms with Crippen LogP contribution in [0.4, 0.5) is 42.7 Å². The molecule has 10 heteroatoms. The average molecular weight is 338 g/mol. The van der Waals surface area contributed by atoms with Crippen LogP contribution in [0.1, 0.15) is 11.1 Å². The molecule has 0 aliphatic carbocycles. The maximum absolute atomic E-state index is 12.7. The van der Waals surface area contributed by atoms with Crippen molar-refractivity contribution in [1.29, 1.82) is 0 Å². The first kappa shape index (κ1) is 16.7. The van der Waals surface area contributed by atoms with E-state index >= 15 is 0 Å². The number of carbonyl (C=O) groups is 1. The van der Waals surface area contributed by atoms with E-state index in [9.17, 15) is 31.1 Å². The fourth-order valence-electron chi connectivity index (χ4n) is 1.65. The van der Waals surface area contributed by atoms with Gasteiger partial charge in [0.1, 0.15) is 0 Å². The molecule has 4 nitrogen and oxygen atoms in total. The molecule has 0 aliphatic heterocycles. The highest BCUT2D eigenvalue weighted by atomic mass is 19.4. The summed E-state index contributed by atoms with van der Waals surface area (Å²) >= 11 is 0. The largest absolute Gasteiger partial charge is 0.449 e. The normalized spacial score (nSPS) is 12.1. The molecule has 2 amide bonds. The zero-order valence-corrected chi connectivity index (χ0v) is 11.0. The molecule has 23 heavy (non-hydrogen) atoms. The quantitative estimate of drug-likeness (QED) is 0.761. The molecule has 0 radical (unpaired) electrons. The Hall–Kier alpha value is -2.65. The Kier molecular flexibility index (Phi) is 4.26. The second-order valence-corrected chi connectivity index (χ2v) is 4.35. The Morgan fingerprint density at radius 1 is 0.913 bits per heavy atom. The standard InChI is InChI=1S/C13H8F6N2O2/c14-12(15,16)7-4-8(13(17,18)19)6-9(5-7)20-11(22)21-10-2-1-3-23-10/h1-6H,(H2,20,21,22). The summed E-state index contributed by atoms with van der Waals surface area (Å²) in [7, 11) is 0. The molecular formula is C13H8F6N2O2. The Labute approximate surface area is 125 Å². The fraction of sp³-hybridized carbons (Fsp3) is 0.154. The number of hydrogen-bond acceptors (Lipinski definition) is 2. The van der Waals surface area contributed by atoms with Crippen molar-refractivity contribution in [3.8, 4) is 0 Å². The van der Waals surface area contributed by atoms with Crippen molar-refractivity contribution in [2.24, 2.45) is 0 Å². The molecule has 0 bridgehead atoms. The number of nitrogens with one attached hydrogen (secondary N) is 2. The molecule has 1 aromatic heterocycles. The number of benzene rings is 1. The monoisotopic (exact) mass is 338 g/mol. The first-order chi connectivity index (χ1) is 10.6. The highest BCUT2D eigenvalue weighted by Crippen LogP contribution is 2.37. The number of rotatable bonds is 2. The fourth-order valence-corrected chi connectivity index (χ4v) is 1.65. The smallest absolute Gasteiger partial charge is 0.416 e. The summed E-state index contributed by atoms with van der Waals surface area (Å²) in [4.78, 5) is 11.6. The predicted molar refractivity (Wildman–Crippen MR) is 67.8 cm³/mol. The van der Waals surface area contributed by atoms with Crippen molar-refractivity contribution in [2.45, 2.75) is 12.4 Å². The summed E-state index contributed by atoms with van der Waals surface area (Å²) in [6.45, 7) is 0. The zero-order chi connectivity index (χ0) is 17.3. The van der Waals surface area contributed by atoms with Gasteiger partial charge in [0.15, 0.2) is 0 Å². The maximum Gasteiger partial charge on any atom is 0.416 e. The highest BCUT2D eigenvalue weighted by Gasteiger charge is 2.37. The first-order valence-corrected chi connectivity index (χ1v) is 5.97. The molecule has 0 fully saturated rings. The second-order valence-electron chi connectivity index (χ2n) is 4.35. The van der Waals surface area contributed by atoms with E-state index in [1.54, 1.807) is 0 Å². The van der Waals surface area contributed by atoms with Crippen molar-refractivity contribution in [3.63, 3.8) is 0 Å². The number of hydrogen-bond donors (Lipinski definition) is 2. The van der Waals surface area contributed by atoms with Gasteiger partial charge in [-0.3, -0.25) is 5.32 Å². The van der Waals surface area contributed by atoms with E-state index < -0.39 is 35.2 Å². The minimum atomic E-state index is -4.99. The van der Waals surface area contributed by atoms with E-state index in [2.05, 4.69) is 5.32 Å². The van der Waals surface area contributed by atoms with E-state index in [4.69, 9.17) is 4.42 Å². The van der Waals surface area contributed by atoms with Gasteiger partial charge >= 0.3 is 18.4 Å². The summed E-state index contributed by atoms with van der Waals surface area (Å²) in [6, 6.07) is 2.49. The van der Waals surface area contributed by atoms with Crippen LogP contribution in [-0.2, 0) is 12.4 Å². The minimum Gasteiger partial charge on any atom is -0.449 e. The van der Waals surface area contributed by atoms with Crippen molar-refractivity contribution in [1.82, 2.24) is 0 Å². The third-order valence-electron chi connectivity index (χ3n) is 2.60. The van der Waals surface area contributed by atoms with Gasteiger partial charge in [-0.25, -0.2) is 4.79 Å². The van der Waals surface area contributed by atoms with E-state index in [0.717, 1.165) is 0 Å². The van der Waals surface area contributed by atoms with Crippen molar-refractivity contribution in [3.05, 3.63) is 47.7 Å². The van der Waals surface area contributed by atoms with Gasteiger partial charge in [-0.15, -0.1) is 0 Å². The van der Waals surface area contributed by atoms with E-state index in [-0.39, 0.29) is 12.0 Å². The number of carbonyl (C=O) groups excluding carboxylic acids is 1. The molecule has 1 aromatic carbocycles. The summed E-state index contributed by atoms with van der Waals surface area (Å²) in [5.41, 5.74) is -3.71. The maximum atomic E-state index is 12.7. The Bertz CT molecular complexity index is 659. The highest BCUT2D eigenvalue weighted by molar-refractivity contribution is 5.99. The molecule has 2 rings (SSSR count). The van der Waals surface area contributed by atoms with Crippen LogP contribution >= 0.6 is 0 Å². The average Bonchev–Trinajstić information content (AvgIpc) is 2.88. The molecule has 1 heterocycles. The van der Waals surface area contributed by atoms with Crippen molar-refractivity contribution < 1.29 is 35.6 Å². The van der Waals surface area contributed by atoms with Crippen LogP contribution < -0.4 is 10.6 Å². The van der Waals surface area contributed by atoms with Gasteiger partial charge in [0.05, 0.1) is 17.4 Å². The van der Waals surface area contributed by atoms with Crippen LogP contribution in [0.5, 0.6) is 0 Å². The van der Waals surface area contributed by atoms with E-state index in [0.29, 0.717) is 12.1 Å². The van der Waals surface area contributed by atoms with Gasteiger partial charge in [0.2, 0.25) is 5.88 Å². The summed E-state index contributed by atoms with van der Waals surface area (Å²) < 4.78 is 80.8. The molecule has 2 aromatic rings. The molecule has 2 N–H and O–H groups in total. The minimum absolute atomic E-state index is 0.0227. The molecule has 0 saturated carbocycles. The predicted octanol–water partition coefficient (Wildman–Crippen LogP) is 4.96. The second kappa shape index (κ2) is 5.86. The van der Waals surface area contributed by atoms with Crippen molar-refractivity contribution >= 4 is 17.6 Å². The van der Waals surface area contributed by atoms with E-state index in [1.165, 1.54) is 18.4 Å². The number of urea groups is 1. The van der Waals surface area contributed by atoms with Gasteiger partial charge in [0.25, 0.3) is 0 Å². The number of furan rings is 1. The molecule has 0 saturated heterocycles. The topological polar surface area (TPSA) is 54.3 Å². The lowest BCUT2D eigenvalue weighted by atomic mass is 10.1. The Morgan fingerprint density at radius 2 is 1.48 bits per heavy atom. The molecule has 0 spiro atoms. The molecule has 0 aliphatic rings. The molecular weight excluding hydrogens is 330 g/mol. The molecule has 0 unspecified atom stereocenters. The summed E-state index contributed by atoms with van der Waals surface area (Å²) in [6.07, 6.45) is -8.76. The lowest BCUT2D eigenvalue weighted by Crippen LogP contribution is -2.20. The van der Waals surface area contributed by atoms with Gasteiger partial charge in [0, 0.05) is 11.8 Å². The first-order valence-electron chi connectivity index (χ1n) is 5.97. The van der Waals surface area contributed by atoms with Crippen molar-refractivity contribution in [2.75, 3.05) is 10.6 Å². The van der Waals surface area contributed by atoms with Crippen LogP contribution in [0.3, 0.4) is 0 Å². The molecule has 124 valence electrons. The summed E-state index contributed by atoms with van der Waals surface area (Å²) in [5.74, 6) is -0.0227. The third-order valence-corrected chi connectivity index (χ3v) is 2.60. The van der Waals surface area contributed by atoms with Gasteiger partial charge in [-0.1, -0.05) is 0 Å². The van der Waals surface area contributed by atoms with Gasteiger partial charge < -0.3 is 9.73 Å². The third kappa shape index (κ3) is 4.41.